The molecule has 1 nitrogen and oxygen atoms in total. The van der Waals surface area contributed by atoms with Crippen LogP contribution in [0.4, 0.5) is 0 Å². The molecule has 1 heterocycles. The smallest absolute Gasteiger partial charge is 0.103 e. The molecule has 0 amide bonds. The van der Waals surface area contributed by atoms with Crippen LogP contribution in [0.1, 0.15) is 52.4 Å². The first-order valence-electron chi connectivity index (χ1n) is 5.07. The average molecular weight is 166 g/mol. The van der Waals surface area contributed by atoms with Crippen molar-refractivity contribution in [2.45, 2.75) is 58.0 Å². The predicted octanol–water partition coefficient (Wildman–Crippen LogP) is 3.40. The molecule has 0 saturated heterocycles. The van der Waals surface area contributed by atoms with Crippen molar-refractivity contribution in [3.05, 3.63) is 11.3 Å². The fourth-order valence-electron chi connectivity index (χ4n) is 2.16. The molecule has 2 rings (SSSR count). The topological polar surface area (TPSA) is 9.23 Å². The molecule has 12 heavy (non-hydrogen) atoms. The van der Waals surface area contributed by atoms with Crippen molar-refractivity contribution in [2.75, 3.05) is 0 Å². The monoisotopic (exact) mass is 166 g/mol. The number of ether oxygens (including phenoxy) is 1. The molecule has 68 valence electrons. The zero-order valence-electron chi connectivity index (χ0n) is 8.15. The van der Waals surface area contributed by atoms with Gasteiger partial charge in [0.2, 0.25) is 0 Å². The van der Waals surface area contributed by atoms with Gasteiger partial charge in [-0.25, -0.2) is 0 Å². The number of allylic oxidation sites excluding steroid dienone is 2. The molecule has 0 saturated carbocycles. The van der Waals surface area contributed by atoms with Crippen LogP contribution in [-0.2, 0) is 4.74 Å². The summed E-state index contributed by atoms with van der Waals surface area (Å²) in [5.74, 6) is 1.33. The van der Waals surface area contributed by atoms with Gasteiger partial charge in [0.15, 0.2) is 0 Å². The minimum atomic E-state index is 0.107. The van der Waals surface area contributed by atoms with E-state index in [-0.39, 0.29) is 5.60 Å². The van der Waals surface area contributed by atoms with Crippen molar-refractivity contribution in [3.63, 3.8) is 0 Å². The summed E-state index contributed by atoms with van der Waals surface area (Å²) in [4.78, 5) is 0. The fourth-order valence-corrected chi connectivity index (χ4v) is 2.16. The van der Waals surface area contributed by atoms with Crippen LogP contribution in [0, 0.1) is 0 Å². The minimum Gasteiger partial charge on any atom is -0.492 e. The second-order valence-corrected chi connectivity index (χ2v) is 4.60. The van der Waals surface area contributed by atoms with E-state index < -0.39 is 0 Å². The lowest BCUT2D eigenvalue weighted by molar-refractivity contribution is 0.00358. The second kappa shape index (κ2) is 2.79. The zero-order chi connectivity index (χ0) is 8.60. The summed E-state index contributed by atoms with van der Waals surface area (Å²) in [5.41, 5.74) is 1.72. The van der Waals surface area contributed by atoms with E-state index in [1.54, 1.807) is 5.57 Å². The Morgan fingerprint density at radius 2 is 1.83 bits per heavy atom. The van der Waals surface area contributed by atoms with Crippen molar-refractivity contribution in [1.82, 2.24) is 0 Å². The van der Waals surface area contributed by atoms with Gasteiger partial charge in [0, 0.05) is 6.42 Å². The summed E-state index contributed by atoms with van der Waals surface area (Å²) < 4.78 is 5.96. The largest absolute Gasteiger partial charge is 0.492 e. The Kier molecular flexibility index (Phi) is 1.90. The van der Waals surface area contributed by atoms with Crippen molar-refractivity contribution in [2.24, 2.45) is 0 Å². The molecule has 0 fully saturated rings. The third-order valence-electron chi connectivity index (χ3n) is 2.96. The molecule has 1 aliphatic heterocycles. The van der Waals surface area contributed by atoms with Crippen LogP contribution in [0.2, 0.25) is 0 Å². The number of hydrogen-bond acceptors (Lipinski definition) is 1. The Labute approximate surface area is 74.8 Å². The van der Waals surface area contributed by atoms with Gasteiger partial charge in [-0.15, -0.1) is 0 Å². The van der Waals surface area contributed by atoms with Crippen LogP contribution in [0.5, 0.6) is 0 Å². The fraction of sp³-hybridized carbons (Fsp3) is 0.818. The Morgan fingerprint density at radius 1 is 1.08 bits per heavy atom. The van der Waals surface area contributed by atoms with Crippen molar-refractivity contribution in [3.8, 4) is 0 Å². The van der Waals surface area contributed by atoms with Crippen LogP contribution in [0.25, 0.3) is 0 Å². The molecule has 0 atom stereocenters. The average Bonchev–Trinajstić information content (AvgIpc) is 2.02. The Balaban J connectivity index is 2.16. The normalized spacial score (nSPS) is 27.8. The molecule has 0 unspecified atom stereocenters. The van der Waals surface area contributed by atoms with E-state index in [9.17, 15) is 0 Å². The van der Waals surface area contributed by atoms with E-state index in [1.807, 2.05) is 0 Å². The second-order valence-electron chi connectivity index (χ2n) is 4.60. The standard InChI is InChI=1S/C11H18O/c1-11(2)8-7-9-5-3-4-6-10(9)12-11/h3-8H2,1-2H3. The van der Waals surface area contributed by atoms with E-state index >= 15 is 0 Å². The quantitative estimate of drug-likeness (QED) is 0.536. The van der Waals surface area contributed by atoms with Crippen LogP contribution in [0.3, 0.4) is 0 Å². The van der Waals surface area contributed by atoms with Gasteiger partial charge in [-0.05, 0) is 51.5 Å². The van der Waals surface area contributed by atoms with Gasteiger partial charge in [-0.2, -0.15) is 0 Å². The highest BCUT2D eigenvalue weighted by molar-refractivity contribution is 5.15. The van der Waals surface area contributed by atoms with Gasteiger partial charge in [0.1, 0.15) is 5.60 Å². The van der Waals surface area contributed by atoms with E-state index in [2.05, 4.69) is 13.8 Å². The number of rotatable bonds is 0. The summed E-state index contributed by atoms with van der Waals surface area (Å²) in [5, 5.41) is 0. The first-order valence-corrected chi connectivity index (χ1v) is 5.07. The Bertz CT molecular complexity index is 213. The highest BCUT2D eigenvalue weighted by Gasteiger charge is 2.29. The van der Waals surface area contributed by atoms with E-state index in [0.29, 0.717) is 0 Å². The molecule has 0 radical (unpaired) electrons. The minimum absolute atomic E-state index is 0.107. The summed E-state index contributed by atoms with van der Waals surface area (Å²) in [6.07, 6.45) is 7.68. The Hall–Kier alpha value is -0.460. The molecule has 1 aliphatic carbocycles. The van der Waals surface area contributed by atoms with E-state index in [0.717, 1.165) is 0 Å². The molecule has 2 aliphatic rings. The lowest BCUT2D eigenvalue weighted by atomic mass is 9.87. The number of hydrogen-bond donors (Lipinski definition) is 0. The summed E-state index contributed by atoms with van der Waals surface area (Å²) in [6.45, 7) is 4.40. The van der Waals surface area contributed by atoms with Crippen molar-refractivity contribution < 1.29 is 4.74 Å². The third-order valence-corrected chi connectivity index (χ3v) is 2.96. The maximum Gasteiger partial charge on any atom is 0.103 e. The van der Waals surface area contributed by atoms with Gasteiger partial charge in [-0.3, -0.25) is 0 Å². The van der Waals surface area contributed by atoms with E-state index in [4.69, 9.17) is 4.74 Å². The Morgan fingerprint density at radius 3 is 2.67 bits per heavy atom. The molecular formula is C11H18O. The zero-order valence-corrected chi connectivity index (χ0v) is 8.15. The molecule has 1 heteroatoms. The van der Waals surface area contributed by atoms with Gasteiger partial charge >= 0.3 is 0 Å². The molecule has 0 spiro atoms. The molecular weight excluding hydrogens is 148 g/mol. The summed E-state index contributed by atoms with van der Waals surface area (Å²) in [7, 11) is 0. The van der Waals surface area contributed by atoms with Crippen LogP contribution >= 0.6 is 0 Å². The molecule has 0 aromatic heterocycles. The summed E-state index contributed by atoms with van der Waals surface area (Å²) >= 11 is 0. The maximum atomic E-state index is 5.96. The predicted molar refractivity (Wildman–Crippen MR) is 49.9 cm³/mol. The van der Waals surface area contributed by atoms with Crippen molar-refractivity contribution >= 4 is 0 Å². The maximum absolute atomic E-state index is 5.96. The van der Waals surface area contributed by atoms with Gasteiger partial charge in [-0.1, -0.05) is 0 Å². The van der Waals surface area contributed by atoms with Gasteiger partial charge < -0.3 is 4.74 Å². The third kappa shape index (κ3) is 1.50. The lowest BCUT2D eigenvalue weighted by Crippen LogP contribution is -2.29. The molecule has 0 bridgehead atoms. The van der Waals surface area contributed by atoms with Crippen LogP contribution < -0.4 is 0 Å². The summed E-state index contributed by atoms with van der Waals surface area (Å²) in [6, 6.07) is 0. The van der Waals surface area contributed by atoms with Crippen LogP contribution in [-0.4, -0.2) is 5.60 Å². The highest BCUT2D eigenvalue weighted by atomic mass is 16.5. The SMILES string of the molecule is CC1(C)CCC2=C(CCCC2)O1. The van der Waals surface area contributed by atoms with Crippen LogP contribution in [0.15, 0.2) is 11.3 Å². The first-order chi connectivity index (χ1) is 5.67. The van der Waals surface area contributed by atoms with Gasteiger partial charge in [0.25, 0.3) is 0 Å². The van der Waals surface area contributed by atoms with E-state index in [1.165, 1.54) is 44.3 Å². The van der Waals surface area contributed by atoms with Gasteiger partial charge in [0.05, 0.1) is 5.76 Å². The first kappa shape index (κ1) is 8.15. The molecule has 0 aromatic rings. The molecule has 0 N–H and O–H groups in total. The highest BCUT2D eigenvalue weighted by Crippen LogP contribution is 2.38. The lowest BCUT2D eigenvalue weighted by Gasteiger charge is -2.36. The molecule has 0 aromatic carbocycles. The van der Waals surface area contributed by atoms with Crippen molar-refractivity contribution in [1.29, 1.82) is 0 Å².